The van der Waals surface area contributed by atoms with E-state index in [2.05, 4.69) is 5.32 Å². The molecule has 1 N–H and O–H groups in total. The third kappa shape index (κ3) is 4.37. The zero-order valence-corrected chi connectivity index (χ0v) is 14.7. The van der Waals surface area contributed by atoms with Gasteiger partial charge >= 0.3 is 0 Å². The molecule has 3 nitrogen and oxygen atoms in total. The first-order valence-corrected chi connectivity index (χ1v) is 8.73. The number of hydrogen-bond donors (Lipinski definition) is 1. The quantitative estimate of drug-likeness (QED) is 0.837. The minimum atomic E-state index is -1.00. The summed E-state index contributed by atoms with van der Waals surface area (Å²) in [5.41, 5.74) is 0.688. The van der Waals surface area contributed by atoms with Crippen molar-refractivity contribution in [2.24, 2.45) is 5.92 Å². The third-order valence-electron chi connectivity index (χ3n) is 4.59. The van der Waals surface area contributed by atoms with Crippen LogP contribution >= 0.6 is 11.6 Å². The number of carbonyl (C=O) groups is 1. The highest BCUT2D eigenvalue weighted by molar-refractivity contribution is 6.31. The van der Waals surface area contributed by atoms with Crippen LogP contribution < -0.4 is 5.32 Å². The summed E-state index contributed by atoms with van der Waals surface area (Å²) in [6, 6.07) is 7.86. The number of likely N-dealkylation sites (tertiary alicyclic amines) is 1. The van der Waals surface area contributed by atoms with Gasteiger partial charge in [0.15, 0.2) is 11.6 Å². The van der Waals surface area contributed by atoms with Gasteiger partial charge in [-0.1, -0.05) is 17.7 Å². The van der Waals surface area contributed by atoms with Crippen molar-refractivity contribution in [2.75, 3.05) is 18.4 Å². The van der Waals surface area contributed by atoms with E-state index < -0.39 is 11.6 Å². The first-order valence-electron chi connectivity index (χ1n) is 8.35. The molecule has 7 heteroatoms. The number of halogens is 4. The van der Waals surface area contributed by atoms with Gasteiger partial charge in [0.05, 0.1) is 0 Å². The van der Waals surface area contributed by atoms with Crippen molar-refractivity contribution in [1.29, 1.82) is 0 Å². The van der Waals surface area contributed by atoms with Crippen molar-refractivity contribution in [2.45, 2.75) is 19.4 Å². The molecule has 2 aromatic rings. The van der Waals surface area contributed by atoms with Crippen molar-refractivity contribution >= 4 is 23.2 Å². The molecule has 0 bridgehead atoms. The molecule has 1 amide bonds. The van der Waals surface area contributed by atoms with Crippen molar-refractivity contribution in [3.63, 3.8) is 0 Å². The van der Waals surface area contributed by atoms with Crippen LogP contribution in [0.2, 0.25) is 5.02 Å². The molecule has 0 aliphatic carbocycles. The average molecular weight is 383 g/mol. The zero-order valence-electron chi connectivity index (χ0n) is 13.9. The van der Waals surface area contributed by atoms with E-state index in [1.54, 1.807) is 12.1 Å². The van der Waals surface area contributed by atoms with Gasteiger partial charge < -0.3 is 5.32 Å². The highest BCUT2D eigenvalue weighted by atomic mass is 35.5. The number of nitrogens with one attached hydrogen (secondary N) is 1. The summed E-state index contributed by atoms with van der Waals surface area (Å²) < 4.78 is 40.0. The molecule has 1 heterocycles. The second-order valence-corrected chi connectivity index (χ2v) is 6.78. The van der Waals surface area contributed by atoms with E-state index in [4.69, 9.17) is 11.6 Å². The van der Waals surface area contributed by atoms with Crippen LogP contribution in [0.3, 0.4) is 0 Å². The highest BCUT2D eigenvalue weighted by Crippen LogP contribution is 2.25. The van der Waals surface area contributed by atoms with Gasteiger partial charge in [0.25, 0.3) is 0 Å². The van der Waals surface area contributed by atoms with E-state index in [9.17, 15) is 18.0 Å². The van der Waals surface area contributed by atoms with Crippen LogP contribution in [0.25, 0.3) is 0 Å². The van der Waals surface area contributed by atoms with E-state index in [1.807, 2.05) is 4.90 Å². The minimum Gasteiger partial charge on any atom is -0.326 e. The Labute approximate surface area is 154 Å². The van der Waals surface area contributed by atoms with Crippen LogP contribution in [0.1, 0.15) is 18.4 Å². The molecule has 1 fully saturated rings. The van der Waals surface area contributed by atoms with Crippen LogP contribution in [0.5, 0.6) is 0 Å². The van der Waals surface area contributed by atoms with Crippen molar-refractivity contribution < 1.29 is 18.0 Å². The van der Waals surface area contributed by atoms with E-state index in [0.29, 0.717) is 43.1 Å². The Morgan fingerprint density at radius 2 is 1.81 bits per heavy atom. The minimum absolute atomic E-state index is 0.223. The molecule has 0 radical (unpaired) electrons. The van der Waals surface area contributed by atoms with E-state index in [-0.39, 0.29) is 23.3 Å². The van der Waals surface area contributed by atoms with Crippen molar-refractivity contribution in [3.8, 4) is 0 Å². The molecule has 0 aromatic heterocycles. The normalized spacial score (nSPS) is 15.8. The largest absolute Gasteiger partial charge is 0.326 e. The number of benzene rings is 2. The first kappa shape index (κ1) is 18.7. The predicted octanol–water partition coefficient (Wildman–Crippen LogP) is 4.61. The van der Waals surface area contributed by atoms with Gasteiger partial charge in [-0.3, -0.25) is 9.69 Å². The van der Waals surface area contributed by atoms with Gasteiger partial charge in [-0.25, -0.2) is 13.2 Å². The van der Waals surface area contributed by atoms with E-state index >= 15 is 0 Å². The molecule has 1 aliphatic rings. The molecule has 0 saturated carbocycles. The fraction of sp³-hybridized carbons (Fsp3) is 0.316. The van der Waals surface area contributed by atoms with Gasteiger partial charge in [0.2, 0.25) is 5.91 Å². The number of carbonyl (C=O) groups excluding carboxylic acids is 1. The number of anilines is 1. The summed E-state index contributed by atoms with van der Waals surface area (Å²) in [7, 11) is 0. The lowest BCUT2D eigenvalue weighted by molar-refractivity contribution is -0.121. The van der Waals surface area contributed by atoms with Crippen molar-refractivity contribution in [3.05, 3.63) is 64.4 Å². The topological polar surface area (TPSA) is 32.3 Å². The Hall–Kier alpha value is -2.05. The SMILES string of the molecule is O=C(Nc1ccc(F)c(F)c1)C1CCN(Cc2c(F)cccc2Cl)CC1. The second kappa shape index (κ2) is 8.10. The Kier molecular flexibility index (Phi) is 5.84. The fourth-order valence-electron chi connectivity index (χ4n) is 3.08. The summed E-state index contributed by atoms with van der Waals surface area (Å²) in [5, 5.41) is 3.01. The molecule has 138 valence electrons. The van der Waals surface area contributed by atoms with Crippen LogP contribution in [-0.4, -0.2) is 23.9 Å². The lowest BCUT2D eigenvalue weighted by Crippen LogP contribution is -2.38. The summed E-state index contributed by atoms with van der Waals surface area (Å²) >= 11 is 6.05. The summed E-state index contributed by atoms with van der Waals surface area (Å²) in [6.07, 6.45) is 1.20. The van der Waals surface area contributed by atoms with Crippen LogP contribution in [0.15, 0.2) is 36.4 Å². The van der Waals surface area contributed by atoms with Crippen molar-refractivity contribution in [1.82, 2.24) is 4.90 Å². The number of nitrogens with zero attached hydrogens (tertiary/aromatic N) is 1. The number of hydrogen-bond acceptors (Lipinski definition) is 2. The van der Waals surface area contributed by atoms with Gasteiger partial charge in [-0.15, -0.1) is 0 Å². The van der Waals surface area contributed by atoms with E-state index in [1.165, 1.54) is 12.1 Å². The van der Waals surface area contributed by atoms with E-state index in [0.717, 1.165) is 12.1 Å². The molecule has 0 atom stereocenters. The summed E-state index contributed by atoms with van der Waals surface area (Å²) in [6.45, 7) is 1.64. The Morgan fingerprint density at radius 1 is 1.08 bits per heavy atom. The summed E-state index contributed by atoms with van der Waals surface area (Å²) in [5.74, 6) is -2.74. The second-order valence-electron chi connectivity index (χ2n) is 6.37. The molecule has 3 rings (SSSR count). The van der Waals surface area contributed by atoms with Gasteiger partial charge in [0.1, 0.15) is 5.82 Å². The molecule has 2 aromatic carbocycles. The molecular weight excluding hydrogens is 365 g/mol. The molecule has 0 unspecified atom stereocenters. The van der Waals surface area contributed by atoms with Crippen LogP contribution in [-0.2, 0) is 11.3 Å². The lowest BCUT2D eigenvalue weighted by Gasteiger charge is -2.31. The number of piperidine rings is 1. The monoisotopic (exact) mass is 382 g/mol. The number of rotatable bonds is 4. The molecule has 1 saturated heterocycles. The fourth-order valence-corrected chi connectivity index (χ4v) is 3.30. The van der Waals surface area contributed by atoms with Gasteiger partial charge in [0, 0.05) is 34.8 Å². The van der Waals surface area contributed by atoms with Gasteiger partial charge in [-0.2, -0.15) is 0 Å². The zero-order chi connectivity index (χ0) is 18.7. The molecule has 26 heavy (non-hydrogen) atoms. The van der Waals surface area contributed by atoms with Crippen LogP contribution in [0.4, 0.5) is 18.9 Å². The first-order chi connectivity index (χ1) is 12.4. The Bertz CT molecular complexity index is 787. The molecule has 1 aliphatic heterocycles. The average Bonchev–Trinajstić information content (AvgIpc) is 2.62. The molecular formula is C19H18ClF3N2O. The smallest absolute Gasteiger partial charge is 0.227 e. The standard InChI is InChI=1S/C19H18ClF3N2O/c20-15-2-1-3-16(21)14(15)11-25-8-6-12(7-9-25)19(26)24-13-4-5-17(22)18(23)10-13/h1-5,10,12H,6-9,11H2,(H,24,26). The Balaban J connectivity index is 1.54. The Morgan fingerprint density at radius 3 is 2.46 bits per heavy atom. The maximum absolute atomic E-state index is 13.9. The van der Waals surface area contributed by atoms with Gasteiger partial charge in [-0.05, 0) is 50.2 Å². The van der Waals surface area contributed by atoms with Crippen LogP contribution in [0, 0.1) is 23.4 Å². The predicted molar refractivity (Wildman–Crippen MR) is 94.4 cm³/mol. The highest BCUT2D eigenvalue weighted by Gasteiger charge is 2.26. The third-order valence-corrected chi connectivity index (χ3v) is 4.94. The lowest BCUT2D eigenvalue weighted by atomic mass is 9.95. The number of amides is 1. The maximum atomic E-state index is 13.9. The summed E-state index contributed by atoms with van der Waals surface area (Å²) in [4.78, 5) is 14.4. The maximum Gasteiger partial charge on any atom is 0.227 e. The molecule has 0 spiro atoms.